The van der Waals surface area contributed by atoms with Gasteiger partial charge >= 0.3 is 0 Å². The zero-order valence-corrected chi connectivity index (χ0v) is 18.5. The lowest BCUT2D eigenvalue weighted by Gasteiger charge is -2.37. The van der Waals surface area contributed by atoms with Gasteiger partial charge < -0.3 is 19.4 Å². The summed E-state index contributed by atoms with van der Waals surface area (Å²) in [4.78, 5) is 15.5. The lowest BCUT2D eigenvalue weighted by Crippen LogP contribution is -2.52. The van der Waals surface area contributed by atoms with E-state index < -0.39 is 0 Å². The van der Waals surface area contributed by atoms with Crippen molar-refractivity contribution in [2.24, 2.45) is 5.92 Å². The van der Waals surface area contributed by atoms with Crippen LogP contribution in [-0.2, 0) is 9.47 Å². The van der Waals surface area contributed by atoms with Gasteiger partial charge in [0.15, 0.2) is 0 Å². The number of aryl methyl sites for hydroxylation is 2. The average molecular weight is 432 g/mol. The molecule has 30 heavy (non-hydrogen) atoms. The third kappa shape index (κ3) is 4.57. The highest BCUT2D eigenvalue weighted by Crippen LogP contribution is 2.24. The molecule has 2 saturated heterocycles. The summed E-state index contributed by atoms with van der Waals surface area (Å²) in [6.45, 7) is 9.48. The van der Waals surface area contributed by atoms with Crippen LogP contribution in [0.15, 0.2) is 30.3 Å². The summed E-state index contributed by atoms with van der Waals surface area (Å²) in [6, 6.07) is 10.0. The standard InChI is InChI=1S/C23H30ClN3O3/c1-16-3-4-17(2)27(16)19-5-6-21(24)20(13-19)23(28)25-14-22(18-7-10-30-15-18)26-8-11-29-12-9-26/h3-6,13,18,22H,7-12,14-15H2,1-2H3,(H,25,28). The van der Waals surface area contributed by atoms with Crippen LogP contribution in [0.4, 0.5) is 0 Å². The van der Waals surface area contributed by atoms with Crippen molar-refractivity contribution in [1.29, 1.82) is 0 Å². The predicted octanol–water partition coefficient (Wildman–Crippen LogP) is 3.21. The van der Waals surface area contributed by atoms with Crippen LogP contribution in [0.1, 0.15) is 28.2 Å². The third-order valence-electron chi connectivity index (χ3n) is 6.22. The Kier molecular flexibility index (Phi) is 6.78. The second kappa shape index (κ2) is 9.52. The van der Waals surface area contributed by atoms with Gasteiger partial charge in [-0.3, -0.25) is 9.69 Å². The minimum atomic E-state index is -0.138. The number of halogens is 1. The molecular formula is C23H30ClN3O3. The Morgan fingerprint density at radius 2 is 1.87 bits per heavy atom. The van der Waals surface area contributed by atoms with Gasteiger partial charge in [0, 0.05) is 55.3 Å². The summed E-state index contributed by atoms with van der Waals surface area (Å²) in [5.74, 6) is 0.289. The lowest BCUT2D eigenvalue weighted by atomic mass is 9.96. The molecule has 4 rings (SSSR count). The summed E-state index contributed by atoms with van der Waals surface area (Å²) in [5.41, 5.74) is 3.69. The Hall–Kier alpha value is -1.86. The van der Waals surface area contributed by atoms with E-state index in [1.807, 2.05) is 12.1 Å². The fourth-order valence-electron chi connectivity index (χ4n) is 4.55. The van der Waals surface area contributed by atoms with E-state index in [0.717, 1.165) is 63.0 Å². The van der Waals surface area contributed by atoms with Gasteiger partial charge in [-0.05, 0) is 50.6 Å². The number of aromatic nitrogens is 1. The number of nitrogens with zero attached hydrogens (tertiary/aromatic N) is 2. The summed E-state index contributed by atoms with van der Waals surface area (Å²) < 4.78 is 13.3. The Balaban J connectivity index is 1.50. The van der Waals surface area contributed by atoms with Crippen molar-refractivity contribution in [3.8, 4) is 5.69 Å². The summed E-state index contributed by atoms with van der Waals surface area (Å²) in [6.07, 6.45) is 1.03. The van der Waals surface area contributed by atoms with Crippen molar-refractivity contribution in [2.75, 3.05) is 46.1 Å². The minimum Gasteiger partial charge on any atom is -0.381 e. The first-order valence-corrected chi connectivity index (χ1v) is 11.0. The molecule has 3 heterocycles. The van der Waals surface area contributed by atoms with Gasteiger partial charge in [0.2, 0.25) is 0 Å². The molecule has 0 spiro atoms. The Labute approximate surface area is 183 Å². The Morgan fingerprint density at radius 1 is 1.13 bits per heavy atom. The number of rotatable bonds is 6. The number of nitrogens with one attached hydrogen (secondary N) is 1. The van der Waals surface area contributed by atoms with E-state index in [1.165, 1.54) is 0 Å². The van der Waals surface area contributed by atoms with Gasteiger partial charge in [-0.1, -0.05) is 11.6 Å². The van der Waals surface area contributed by atoms with Crippen LogP contribution in [0.25, 0.3) is 5.69 Å². The fraction of sp³-hybridized carbons (Fsp3) is 0.522. The van der Waals surface area contributed by atoms with Gasteiger partial charge in [0.1, 0.15) is 0 Å². The number of carbonyl (C=O) groups excluding carboxylic acids is 1. The Bertz CT molecular complexity index is 866. The van der Waals surface area contributed by atoms with Gasteiger partial charge in [-0.25, -0.2) is 0 Å². The number of hydrogen-bond acceptors (Lipinski definition) is 4. The molecule has 2 unspecified atom stereocenters. The molecule has 162 valence electrons. The number of hydrogen-bond donors (Lipinski definition) is 1. The summed E-state index contributed by atoms with van der Waals surface area (Å²) in [5, 5.41) is 3.61. The van der Waals surface area contributed by atoms with Crippen LogP contribution in [0, 0.1) is 19.8 Å². The van der Waals surface area contributed by atoms with Crippen LogP contribution in [-0.4, -0.2) is 67.5 Å². The van der Waals surface area contributed by atoms with Crippen molar-refractivity contribution in [1.82, 2.24) is 14.8 Å². The van der Waals surface area contributed by atoms with Crippen LogP contribution in [0.5, 0.6) is 0 Å². The second-order valence-electron chi connectivity index (χ2n) is 8.17. The fourth-order valence-corrected chi connectivity index (χ4v) is 4.76. The molecule has 6 nitrogen and oxygen atoms in total. The van der Waals surface area contributed by atoms with Crippen LogP contribution in [0.2, 0.25) is 5.02 Å². The van der Waals surface area contributed by atoms with Crippen molar-refractivity contribution in [3.05, 3.63) is 52.3 Å². The van der Waals surface area contributed by atoms with Crippen LogP contribution in [0.3, 0.4) is 0 Å². The molecule has 0 bridgehead atoms. The molecule has 2 fully saturated rings. The predicted molar refractivity (Wildman–Crippen MR) is 118 cm³/mol. The van der Waals surface area contributed by atoms with Crippen molar-refractivity contribution in [2.45, 2.75) is 26.3 Å². The number of ether oxygens (including phenoxy) is 2. The van der Waals surface area contributed by atoms with E-state index in [0.29, 0.717) is 23.0 Å². The van der Waals surface area contributed by atoms with Crippen molar-refractivity contribution >= 4 is 17.5 Å². The summed E-state index contributed by atoms with van der Waals surface area (Å²) in [7, 11) is 0. The molecule has 0 radical (unpaired) electrons. The smallest absolute Gasteiger partial charge is 0.252 e. The zero-order valence-electron chi connectivity index (χ0n) is 17.7. The molecule has 1 amide bonds. The van der Waals surface area contributed by atoms with E-state index >= 15 is 0 Å². The molecule has 2 aromatic rings. The maximum absolute atomic E-state index is 13.1. The lowest BCUT2D eigenvalue weighted by molar-refractivity contribution is 0.00166. The Morgan fingerprint density at radius 3 is 2.53 bits per heavy atom. The van der Waals surface area contributed by atoms with E-state index in [-0.39, 0.29) is 11.9 Å². The highest BCUT2D eigenvalue weighted by molar-refractivity contribution is 6.33. The first kappa shape index (κ1) is 21.4. The third-order valence-corrected chi connectivity index (χ3v) is 6.55. The quantitative estimate of drug-likeness (QED) is 0.763. The average Bonchev–Trinajstić information content (AvgIpc) is 3.40. The SMILES string of the molecule is Cc1ccc(C)n1-c1ccc(Cl)c(C(=O)NCC(C2CCOC2)N2CCOCC2)c1. The van der Waals surface area contributed by atoms with E-state index in [9.17, 15) is 4.79 Å². The number of benzene rings is 1. The maximum Gasteiger partial charge on any atom is 0.252 e. The number of carbonyl (C=O) groups is 1. The molecule has 1 aromatic heterocycles. The largest absolute Gasteiger partial charge is 0.381 e. The van der Waals surface area contributed by atoms with Crippen LogP contribution < -0.4 is 5.32 Å². The normalized spacial score (nSPS) is 21.0. The van der Waals surface area contributed by atoms with E-state index in [1.54, 1.807) is 6.07 Å². The highest BCUT2D eigenvalue weighted by Gasteiger charge is 2.32. The monoisotopic (exact) mass is 431 g/mol. The maximum atomic E-state index is 13.1. The van der Waals surface area contributed by atoms with Crippen molar-refractivity contribution in [3.63, 3.8) is 0 Å². The van der Waals surface area contributed by atoms with Crippen molar-refractivity contribution < 1.29 is 14.3 Å². The molecular weight excluding hydrogens is 402 g/mol. The number of morpholine rings is 1. The first-order valence-electron chi connectivity index (χ1n) is 10.7. The zero-order chi connectivity index (χ0) is 21.1. The molecule has 0 aliphatic carbocycles. The molecule has 2 aliphatic heterocycles. The van der Waals surface area contributed by atoms with E-state index in [2.05, 4.69) is 40.8 Å². The van der Waals surface area contributed by atoms with Gasteiger partial charge in [0.25, 0.3) is 5.91 Å². The topological polar surface area (TPSA) is 55.7 Å². The van der Waals surface area contributed by atoms with Gasteiger partial charge in [0.05, 0.1) is 30.4 Å². The molecule has 1 N–H and O–H groups in total. The van der Waals surface area contributed by atoms with E-state index in [4.69, 9.17) is 21.1 Å². The molecule has 2 atom stereocenters. The summed E-state index contributed by atoms with van der Waals surface area (Å²) >= 11 is 6.41. The van der Waals surface area contributed by atoms with Crippen LogP contribution >= 0.6 is 11.6 Å². The number of amides is 1. The van der Waals surface area contributed by atoms with Gasteiger partial charge in [-0.15, -0.1) is 0 Å². The molecule has 0 saturated carbocycles. The first-order chi connectivity index (χ1) is 14.5. The second-order valence-corrected chi connectivity index (χ2v) is 8.57. The molecule has 1 aromatic carbocycles. The molecule has 2 aliphatic rings. The highest BCUT2D eigenvalue weighted by atomic mass is 35.5. The minimum absolute atomic E-state index is 0.138. The van der Waals surface area contributed by atoms with Gasteiger partial charge in [-0.2, -0.15) is 0 Å². The molecule has 7 heteroatoms.